The minimum Gasteiger partial charge on any atom is -0.462 e. The molecular formula is C14H14ClNO2S. The second-order valence-electron chi connectivity index (χ2n) is 4.28. The first kappa shape index (κ1) is 14.0. The average molecular weight is 296 g/mol. The van der Waals surface area contributed by atoms with Gasteiger partial charge in [-0.25, -0.2) is 4.79 Å². The number of ether oxygens (including phenoxy) is 1. The Morgan fingerprint density at radius 1 is 1.47 bits per heavy atom. The topological polar surface area (TPSA) is 42.1 Å². The Hall–Kier alpha value is -1.39. The highest BCUT2D eigenvalue weighted by molar-refractivity contribution is 7.71. The molecule has 0 unspecified atom stereocenters. The van der Waals surface area contributed by atoms with E-state index in [9.17, 15) is 4.79 Å². The van der Waals surface area contributed by atoms with E-state index < -0.39 is 0 Å². The molecule has 0 saturated heterocycles. The largest absolute Gasteiger partial charge is 0.462 e. The van der Waals surface area contributed by atoms with E-state index in [2.05, 4.69) is 4.98 Å². The van der Waals surface area contributed by atoms with Crippen LogP contribution >= 0.6 is 23.8 Å². The number of benzene rings is 1. The van der Waals surface area contributed by atoms with Crippen molar-refractivity contribution in [3.63, 3.8) is 0 Å². The maximum absolute atomic E-state index is 12.2. The van der Waals surface area contributed by atoms with Gasteiger partial charge in [0.1, 0.15) is 4.64 Å². The molecule has 0 radical (unpaired) electrons. The third-order valence-corrected chi connectivity index (χ3v) is 3.50. The molecule has 19 heavy (non-hydrogen) atoms. The normalized spacial score (nSPS) is 10.7. The van der Waals surface area contributed by atoms with Crippen LogP contribution in [0.3, 0.4) is 0 Å². The van der Waals surface area contributed by atoms with Crippen LogP contribution in [0.2, 0.25) is 5.02 Å². The summed E-state index contributed by atoms with van der Waals surface area (Å²) < 4.78 is 5.76. The van der Waals surface area contributed by atoms with E-state index in [1.807, 2.05) is 19.9 Å². The molecule has 0 aliphatic carbocycles. The summed E-state index contributed by atoms with van der Waals surface area (Å²) in [7, 11) is 0. The van der Waals surface area contributed by atoms with E-state index in [0.717, 1.165) is 17.3 Å². The van der Waals surface area contributed by atoms with Gasteiger partial charge in [0, 0.05) is 15.9 Å². The fraction of sp³-hybridized carbons (Fsp3) is 0.286. The number of fused-ring (bicyclic) bond motifs is 1. The molecule has 0 atom stereocenters. The molecule has 0 aliphatic rings. The zero-order valence-corrected chi connectivity index (χ0v) is 12.3. The molecule has 0 bridgehead atoms. The summed E-state index contributed by atoms with van der Waals surface area (Å²) in [5, 5.41) is 1.31. The van der Waals surface area contributed by atoms with Gasteiger partial charge in [0.2, 0.25) is 0 Å². The maximum Gasteiger partial charge on any atom is 0.339 e. The summed E-state index contributed by atoms with van der Waals surface area (Å²) >= 11 is 11.2. The van der Waals surface area contributed by atoms with Crippen LogP contribution in [0.25, 0.3) is 10.9 Å². The van der Waals surface area contributed by atoms with Crippen LogP contribution in [0.4, 0.5) is 0 Å². The van der Waals surface area contributed by atoms with Crippen LogP contribution in [-0.2, 0) is 4.74 Å². The number of rotatable bonds is 3. The van der Waals surface area contributed by atoms with Crippen molar-refractivity contribution in [2.45, 2.75) is 20.3 Å². The third kappa shape index (κ3) is 2.80. The Kier molecular flexibility index (Phi) is 4.22. The van der Waals surface area contributed by atoms with Gasteiger partial charge in [-0.15, -0.1) is 0 Å². The van der Waals surface area contributed by atoms with Crippen LogP contribution in [0, 0.1) is 11.6 Å². The number of pyridine rings is 1. The highest BCUT2D eigenvalue weighted by Gasteiger charge is 2.16. The van der Waals surface area contributed by atoms with E-state index >= 15 is 0 Å². The summed E-state index contributed by atoms with van der Waals surface area (Å²) in [6.07, 6.45) is 0.781. The molecule has 3 nitrogen and oxygen atoms in total. The number of halogens is 1. The fourth-order valence-electron chi connectivity index (χ4n) is 1.89. The van der Waals surface area contributed by atoms with Crippen LogP contribution in [0.1, 0.15) is 29.3 Å². The Balaban J connectivity index is 2.68. The van der Waals surface area contributed by atoms with E-state index in [1.54, 1.807) is 12.1 Å². The van der Waals surface area contributed by atoms with Crippen molar-refractivity contribution in [2.75, 3.05) is 6.61 Å². The first-order valence-corrected chi connectivity index (χ1v) is 6.82. The smallest absolute Gasteiger partial charge is 0.339 e. The van der Waals surface area contributed by atoms with Crippen LogP contribution < -0.4 is 0 Å². The molecule has 100 valence electrons. The van der Waals surface area contributed by atoms with Gasteiger partial charge >= 0.3 is 5.97 Å². The van der Waals surface area contributed by atoms with E-state index in [1.165, 1.54) is 0 Å². The second kappa shape index (κ2) is 5.72. The summed E-state index contributed by atoms with van der Waals surface area (Å²) in [6, 6.07) is 5.31. The molecule has 2 aromatic rings. The van der Waals surface area contributed by atoms with Gasteiger partial charge in [-0.2, -0.15) is 0 Å². The molecule has 5 heteroatoms. The first-order chi connectivity index (χ1) is 9.04. The number of carbonyl (C=O) groups excluding carboxylic acids is 1. The predicted octanol–water partition coefficient (Wildman–Crippen LogP) is 4.43. The molecule has 1 heterocycles. The van der Waals surface area contributed by atoms with Crippen molar-refractivity contribution in [3.05, 3.63) is 39.0 Å². The minimum absolute atomic E-state index is 0.355. The molecule has 1 aromatic heterocycles. The monoisotopic (exact) mass is 295 g/mol. The number of hydrogen-bond donors (Lipinski definition) is 1. The van der Waals surface area contributed by atoms with Gasteiger partial charge < -0.3 is 9.72 Å². The lowest BCUT2D eigenvalue weighted by Gasteiger charge is -2.10. The number of H-pyrrole nitrogens is 1. The standard InChI is InChI=1S/C14H14ClNO2S/c1-3-6-18-14(17)12-8(2)13(19)16-11-5-4-9(15)7-10(11)12/h4-5,7H,3,6H2,1-2H3,(H,16,19). The predicted molar refractivity (Wildman–Crippen MR) is 79.5 cm³/mol. The van der Waals surface area contributed by atoms with Crippen molar-refractivity contribution in [2.24, 2.45) is 0 Å². The van der Waals surface area contributed by atoms with Crippen molar-refractivity contribution < 1.29 is 9.53 Å². The number of nitrogens with one attached hydrogen (secondary N) is 1. The Morgan fingerprint density at radius 3 is 2.89 bits per heavy atom. The van der Waals surface area contributed by atoms with Gasteiger partial charge in [-0.1, -0.05) is 30.7 Å². The number of aromatic amines is 1. The molecule has 0 aliphatic heterocycles. The molecular weight excluding hydrogens is 282 g/mol. The van der Waals surface area contributed by atoms with Gasteiger partial charge in [0.05, 0.1) is 12.2 Å². The summed E-state index contributed by atoms with van der Waals surface area (Å²) in [6.45, 7) is 4.15. The third-order valence-electron chi connectivity index (χ3n) is 2.86. The Bertz CT molecular complexity index is 694. The van der Waals surface area contributed by atoms with Gasteiger partial charge in [0.25, 0.3) is 0 Å². The number of hydrogen-bond acceptors (Lipinski definition) is 3. The lowest BCUT2D eigenvalue weighted by Crippen LogP contribution is -2.09. The number of esters is 1. The molecule has 0 fully saturated rings. The van der Waals surface area contributed by atoms with Crippen LogP contribution in [-0.4, -0.2) is 17.6 Å². The summed E-state index contributed by atoms with van der Waals surface area (Å²) in [5.74, 6) is -0.355. The zero-order chi connectivity index (χ0) is 14.0. The zero-order valence-electron chi connectivity index (χ0n) is 10.7. The molecule has 1 N–H and O–H groups in total. The van der Waals surface area contributed by atoms with E-state index in [-0.39, 0.29) is 5.97 Å². The first-order valence-electron chi connectivity index (χ1n) is 6.04. The van der Waals surface area contributed by atoms with Crippen LogP contribution in [0.15, 0.2) is 18.2 Å². The van der Waals surface area contributed by atoms with E-state index in [0.29, 0.717) is 27.4 Å². The van der Waals surface area contributed by atoms with Crippen molar-refractivity contribution >= 4 is 40.7 Å². The molecule has 0 saturated carbocycles. The van der Waals surface area contributed by atoms with Gasteiger partial charge in [-0.3, -0.25) is 0 Å². The van der Waals surface area contributed by atoms with Gasteiger partial charge in [0.15, 0.2) is 0 Å². The number of carbonyl (C=O) groups is 1. The lowest BCUT2D eigenvalue weighted by molar-refractivity contribution is 0.0506. The lowest BCUT2D eigenvalue weighted by atomic mass is 10.0. The molecule has 0 spiro atoms. The summed E-state index contributed by atoms with van der Waals surface area (Å²) in [4.78, 5) is 15.3. The van der Waals surface area contributed by atoms with Gasteiger partial charge in [-0.05, 0) is 37.1 Å². The molecule has 1 aromatic carbocycles. The molecule has 0 amide bonds. The summed E-state index contributed by atoms with van der Waals surface area (Å²) in [5.41, 5.74) is 1.99. The van der Waals surface area contributed by atoms with Crippen molar-refractivity contribution in [1.29, 1.82) is 0 Å². The highest BCUT2D eigenvalue weighted by atomic mass is 35.5. The quantitative estimate of drug-likeness (QED) is 0.673. The number of aromatic nitrogens is 1. The SMILES string of the molecule is CCCOC(=O)c1c(C)c(=S)[nH]c2ccc(Cl)cc12. The molecule has 2 rings (SSSR count). The van der Waals surface area contributed by atoms with Crippen molar-refractivity contribution in [3.8, 4) is 0 Å². The Morgan fingerprint density at radius 2 is 2.21 bits per heavy atom. The second-order valence-corrected chi connectivity index (χ2v) is 5.12. The minimum atomic E-state index is -0.355. The average Bonchev–Trinajstić information content (AvgIpc) is 2.38. The fourth-order valence-corrected chi connectivity index (χ4v) is 2.28. The highest BCUT2D eigenvalue weighted by Crippen LogP contribution is 2.25. The van der Waals surface area contributed by atoms with Crippen LogP contribution in [0.5, 0.6) is 0 Å². The van der Waals surface area contributed by atoms with E-state index in [4.69, 9.17) is 28.6 Å². The van der Waals surface area contributed by atoms with Crippen molar-refractivity contribution in [1.82, 2.24) is 4.98 Å². The Labute approximate surface area is 121 Å². The maximum atomic E-state index is 12.2.